The van der Waals surface area contributed by atoms with Crippen LogP contribution in [-0.4, -0.2) is 16.5 Å². The van der Waals surface area contributed by atoms with E-state index >= 15 is 0 Å². The van der Waals surface area contributed by atoms with Crippen molar-refractivity contribution in [2.45, 2.75) is 0 Å². The van der Waals surface area contributed by atoms with Crippen LogP contribution in [0, 0.1) is 0 Å². The molecule has 0 amide bonds. The summed E-state index contributed by atoms with van der Waals surface area (Å²) < 4.78 is 7.55. The summed E-state index contributed by atoms with van der Waals surface area (Å²) in [5.41, 5.74) is 5.39. The van der Waals surface area contributed by atoms with E-state index in [9.17, 15) is 0 Å². The maximum atomic E-state index is 5.30. The van der Waals surface area contributed by atoms with E-state index in [1.165, 1.54) is 5.39 Å². The smallest absolute Gasteiger partial charge is 0.146 e. The first-order valence-corrected chi connectivity index (χ1v) is 8.28. The highest BCUT2D eigenvalue weighted by Crippen LogP contribution is 2.32. The molecule has 5 aromatic rings. The lowest BCUT2D eigenvalue weighted by molar-refractivity contribution is 0.415. The van der Waals surface area contributed by atoms with Crippen molar-refractivity contribution in [3.05, 3.63) is 78.9 Å². The first kappa shape index (κ1) is 14.1. The summed E-state index contributed by atoms with van der Waals surface area (Å²) in [6.07, 6.45) is 0. The normalized spacial score (nSPS) is 11.4. The zero-order valence-corrected chi connectivity index (χ0v) is 13.8. The first-order chi connectivity index (χ1) is 12.3. The summed E-state index contributed by atoms with van der Waals surface area (Å²) >= 11 is 0. The van der Waals surface area contributed by atoms with Gasteiger partial charge >= 0.3 is 0 Å². The standard InChI is InChI=1S/C22H16N2O/c1-25-17-12-10-15(11-13-17)21-14-16-6-2-3-7-18(16)22-23-19-8-4-5-9-20(19)24(21)22/h2-14H,1H3. The Labute approximate surface area is 145 Å². The molecule has 3 heteroatoms. The number of nitrogens with zero attached hydrogens (tertiary/aromatic N) is 2. The van der Waals surface area contributed by atoms with E-state index in [-0.39, 0.29) is 0 Å². The van der Waals surface area contributed by atoms with Gasteiger partial charge in [0.25, 0.3) is 0 Å². The SMILES string of the molecule is COc1ccc(-c2cc3ccccc3c3nc4ccccc4n23)cc1. The molecule has 0 unspecified atom stereocenters. The molecule has 0 saturated carbocycles. The minimum absolute atomic E-state index is 0.858. The Balaban J connectivity index is 1.95. The van der Waals surface area contributed by atoms with Crippen molar-refractivity contribution in [2.75, 3.05) is 7.11 Å². The molecule has 0 aliphatic rings. The minimum Gasteiger partial charge on any atom is -0.497 e. The molecule has 0 radical (unpaired) electrons. The highest BCUT2D eigenvalue weighted by molar-refractivity contribution is 6.01. The Kier molecular flexibility index (Phi) is 3.01. The largest absolute Gasteiger partial charge is 0.497 e. The van der Waals surface area contributed by atoms with Crippen LogP contribution in [0.5, 0.6) is 5.75 Å². The second-order valence-corrected chi connectivity index (χ2v) is 6.10. The third-order valence-corrected chi connectivity index (χ3v) is 4.68. The van der Waals surface area contributed by atoms with Gasteiger partial charge in [-0.05, 0) is 53.4 Å². The van der Waals surface area contributed by atoms with Crippen LogP contribution in [0.25, 0.3) is 38.7 Å². The second-order valence-electron chi connectivity index (χ2n) is 6.10. The third-order valence-electron chi connectivity index (χ3n) is 4.68. The van der Waals surface area contributed by atoms with Crippen LogP contribution in [0.4, 0.5) is 0 Å². The van der Waals surface area contributed by atoms with E-state index < -0.39 is 0 Å². The lowest BCUT2D eigenvalue weighted by atomic mass is 10.1. The van der Waals surface area contributed by atoms with Crippen molar-refractivity contribution < 1.29 is 4.74 Å². The molecule has 0 aliphatic heterocycles. The van der Waals surface area contributed by atoms with Gasteiger partial charge in [-0.2, -0.15) is 0 Å². The summed E-state index contributed by atoms with van der Waals surface area (Å²) in [5.74, 6) is 0.858. The number of hydrogen-bond acceptors (Lipinski definition) is 2. The Hall–Kier alpha value is -3.33. The quantitative estimate of drug-likeness (QED) is 0.439. The Morgan fingerprint density at radius 3 is 2.44 bits per heavy atom. The maximum absolute atomic E-state index is 5.30. The van der Waals surface area contributed by atoms with Gasteiger partial charge in [-0.3, -0.25) is 4.40 Å². The number of hydrogen-bond donors (Lipinski definition) is 0. The molecule has 3 nitrogen and oxygen atoms in total. The summed E-state index contributed by atoms with van der Waals surface area (Å²) in [6.45, 7) is 0. The molecule has 0 saturated heterocycles. The van der Waals surface area contributed by atoms with Gasteiger partial charge in [-0.25, -0.2) is 4.98 Å². The van der Waals surface area contributed by atoms with Gasteiger partial charge in [0.05, 0.1) is 23.8 Å². The highest BCUT2D eigenvalue weighted by atomic mass is 16.5. The molecule has 2 aromatic heterocycles. The van der Waals surface area contributed by atoms with Gasteiger partial charge < -0.3 is 4.74 Å². The van der Waals surface area contributed by atoms with Gasteiger partial charge in [0, 0.05) is 5.39 Å². The number of para-hydroxylation sites is 2. The fourth-order valence-corrected chi connectivity index (χ4v) is 3.46. The number of benzene rings is 3. The van der Waals surface area contributed by atoms with Crippen molar-refractivity contribution in [2.24, 2.45) is 0 Å². The Bertz CT molecular complexity index is 1220. The van der Waals surface area contributed by atoms with Crippen LogP contribution in [-0.2, 0) is 0 Å². The fraction of sp³-hybridized carbons (Fsp3) is 0.0455. The zero-order valence-electron chi connectivity index (χ0n) is 13.8. The number of methoxy groups -OCH3 is 1. The van der Waals surface area contributed by atoms with Gasteiger partial charge in [-0.15, -0.1) is 0 Å². The van der Waals surface area contributed by atoms with Crippen LogP contribution < -0.4 is 4.74 Å². The van der Waals surface area contributed by atoms with E-state index in [0.717, 1.165) is 39.1 Å². The Morgan fingerprint density at radius 2 is 1.60 bits per heavy atom. The van der Waals surface area contributed by atoms with Crippen LogP contribution in [0.1, 0.15) is 0 Å². The molecule has 0 fully saturated rings. The summed E-state index contributed by atoms with van der Waals surface area (Å²) in [6, 6.07) is 27.1. The van der Waals surface area contributed by atoms with E-state index in [1.54, 1.807) is 7.11 Å². The molecule has 0 atom stereocenters. The lowest BCUT2D eigenvalue weighted by Crippen LogP contribution is -1.94. The van der Waals surface area contributed by atoms with Crippen molar-refractivity contribution in [1.82, 2.24) is 9.38 Å². The van der Waals surface area contributed by atoms with E-state index in [2.05, 4.69) is 65.1 Å². The summed E-state index contributed by atoms with van der Waals surface area (Å²) in [5, 5.41) is 2.35. The number of fused-ring (bicyclic) bond motifs is 5. The number of pyridine rings is 1. The highest BCUT2D eigenvalue weighted by Gasteiger charge is 2.13. The molecule has 2 heterocycles. The topological polar surface area (TPSA) is 26.5 Å². The number of imidazole rings is 1. The molecule has 0 bridgehead atoms. The van der Waals surface area contributed by atoms with Crippen LogP contribution in [0.3, 0.4) is 0 Å². The van der Waals surface area contributed by atoms with E-state index in [4.69, 9.17) is 9.72 Å². The van der Waals surface area contributed by atoms with Crippen LogP contribution in [0.2, 0.25) is 0 Å². The van der Waals surface area contributed by atoms with Crippen molar-refractivity contribution in [1.29, 1.82) is 0 Å². The Morgan fingerprint density at radius 1 is 0.840 bits per heavy atom. The van der Waals surface area contributed by atoms with Crippen molar-refractivity contribution in [3.8, 4) is 17.0 Å². The van der Waals surface area contributed by atoms with Crippen LogP contribution in [0.15, 0.2) is 78.9 Å². The average molecular weight is 324 g/mol. The molecule has 0 spiro atoms. The molecule has 120 valence electrons. The minimum atomic E-state index is 0.858. The molecule has 5 rings (SSSR count). The van der Waals surface area contributed by atoms with Crippen molar-refractivity contribution >= 4 is 27.5 Å². The number of rotatable bonds is 2. The molecule has 0 N–H and O–H groups in total. The van der Waals surface area contributed by atoms with Gasteiger partial charge in [0.1, 0.15) is 11.4 Å². The van der Waals surface area contributed by atoms with E-state index in [1.807, 2.05) is 18.2 Å². The molecular formula is C22H16N2O. The third kappa shape index (κ3) is 2.09. The molecule has 25 heavy (non-hydrogen) atoms. The van der Waals surface area contributed by atoms with Gasteiger partial charge in [0.2, 0.25) is 0 Å². The van der Waals surface area contributed by atoms with Crippen molar-refractivity contribution in [3.63, 3.8) is 0 Å². The molecule has 3 aromatic carbocycles. The van der Waals surface area contributed by atoms with Gasteiger partial charge in [-0.1, -0.05) is 36.4 Å². The predicted octanol–water partition coefficient (Wildman–Crippen LogP) is 5.32. The summed E-state index contributed by atoms with van der Waals surface area (Å²) in [7, 11) is 1.69. The first-order valence-electron chi connectivity index (χ1n) is 8.28. The fourth-order valence-electron chi connectivity index (χ4n) is 3.46. The zero-order chi connectivity index (χ0) is 16.8. The molecular weight excluding hydrogens is 308 g/mol. The molecule has 0 aliphatic carbocycles. The van der Waals surface area contributed by atoms with Gasteiger partial charge in [0.15, 0.2) is 0 Å². The predicted molar refractivity (Wildman–Crippen MR) is 102 cm³/mol. The average Bonchev–Trinajstić information content (AvgIpc) is 3.07. The number of aromatic nitrogens is 2. The number of ether oxygens (including phenoxy) is 1. The van der Waals surface area contributed by atoms with E-state index in [0.29, 0.717) is 0 Å². The lowest BCUT2D eigenvalue weighted by Gasteiger charge is -2.11. The monoisotopic (exact) mass is 324 g/mol. The second kappa shape index (κ2) is 5.35. The van der Waals surface area contributed by atoms with Crippen LogP contribution >= 0.6 is 0 Å². The maximum Gasteiger partial charge on any atom is 0.146 e. The summed E-state index contributed by atoms with van der Waals surface area (Å²) in [4.78, 5) is 4.90.